The Morgan fingerprint density at radius 3 is 1.83 bits per heavy atom. The number of hydrogen-bond donors (Lipinski definition) is 0. The highest BCUT2D eigenvalue weighted by Gasteiger charge is 2.13. The van der Waals surface area contributed by atoms with E-state index in [-0.39, 0.29) is 0 Å². The van der Waals surface area contributed by atoms with Gasteiger partial charge in [-0.25, -0.2) is 0 Å². The van der Waals surface area contributed by atoms with Crippen molar-refractivity contribution in [2.45, 2.75) is 39.5 Å². The van der Waals surface area contributed by atoms with Gasteiger partial charge >= 0.3 is 0 Å². The van der Waals surface area contributed by atoms with Crippen molar-refractivity contribution in [3.05, 3.63) is 83.9 Å². The molecule has 0 radical (unpaired) electrons. The highest BCUT2D eigenvalue weighted by molar-refractivity contribution is 5.85. The maximum Gasteiger partial charge on any atom is -0.0103 e. The highest BCUT2D eigenvalue weighted by Crippen LogP contribution is 2.36. The van der Waals surface area contributed by atoms with Crippen molar-refractivity contribution in [3.63, 3.8) is 0 Å². The molecule has 0 aromatic heterocycles. The second kappa shape index (κ2) is 7.05. The zero-order valence-electron chi connectivity index (χ0n) is 15.1. The molecule has 0 saturated heterocycles. The summed E-state index contributed by atoms with van der Waals surface area (Å²) < 4.78 is 0. The molecule has 0 aliphatic rings. The van der Waals surface area contributed by atoms with Crippen LogP contribution in [0.3, 0.4) is 0 Å². The van der Waals surface area contributed by atoms with Crippen LogP contribution in [0.2, 0.25) is 0 Å². The highest BCUT2D eigenvalue weighted by atomic mass is 14.2. The molecule has 0 aliphatic carbocycles. The third-order valence-electron chi connectivity index (χ3n) is 4.66. The van der Waals surface area contributed by atoms with Crippen molar-refractivity contribution >= 4 is 0 Å². The van der Waals surface area contributed by atoms with Crippen molar-refractivity contribution in [1.82, 2.24) is 0 Å². The fourth-order valence-corrected chi connectivity index (χ4v) is 3.28. The maximum atomic E-state index is 2.33. The lowest BCUT2D eigenvalue weighted by Gasteiger charge is -2.17. The van der Waals surface area contributed by atoms with E-state index < -0.39 is 0 Å². The van der Waals surface area contributed by atoms with Crippen LogP contribution in [0.5, 0.6) is 0 Å². The van der Waals surface area contributed by atoms with Gasteiger partial charge in [-0.1, -0.05) is 100 Å². The summed E-state index contributed by atoms with van der Waals surface area (Å²) in [7, 11) is 0. The van der Waals surface area contributed by atoms with E-state index in [0.29, 0.717) is 11.8 Å². The normalized spacial score (nSPS) is 11.2. The minimum atomic E-state index is 0.510. The summed E-state index contributed by atoms with van der Waals surface area (Å²) in [6, 6.07) is 26.5. The molecule has 0 aliphatic heterocycles. The van der Waals surface area contributed by atoms with Gasteiger partial charge in [0.25, 0.3) is 0 Å². The van der Waals surface area contributed by atoms with Gasteiger partial charge in [0.05, 0.1) is 0 Å². The third-order valence-corrected chi connectivity index (χ3v) is 4.66. The molecule has 0 saturated carbocycles. The number of benzene rings is 3. The van der Waals surface area contributed by atoms with Crippen LogP contribution in [-0.4, -0.2) is 0 Å². The number of rotatable bonds is 4. The summed E-state index contributed by atoms with van der Waals surface area (Å²) in [5, 5.41) is 0. The van der Waals surface area contributed by atoms with Gasteiger partial charge in [0, 0.05) is 0 Å². The molecule has 0 heteroatoms. The Labute approximate surface area is 146 Å². The van der Waals surface area contributed by atoms with Gasteiger partial charge in [0.2, 0.25) is 0 Å². The quantitative estimate of drug-likeness (QED) is 0.475. The van der Waals surface area contributed by atoms with Crippen LogP contribution in [0.25, 0.3) is 22.3 Å². The van der Waals surface area contributed by atoms with Crippen LogP contribution in [0.4, 0.5) is 0 Å². The largest absolute Gasteiger partial charge is 0.0619 e. The minimum Gasteiger partial charge on any atom is -0.0619 e. The zero-order valence-corrected chi connectivity index (χ0v) is 15.1. The first-order chi connectivity index (χ1) is 11.6. The Hall–Kier alpha value is -2.34. The van der Waals surface area contributed by atoms with E-state index in [0.717, 1.165) is 0 Å². The molecule has 0 nitrogen and oxygen atoms in total. The summed E-state index contributed by atoms with van der Waals surface area (Å²) in [4.78, 5) is 0. The second-order valence-electron chi connectivity index (χ2n) is 7.07. The Morgan fingerprint density at radius 1 is 0.542 bits per heavy atom. The van der Waals surface area contributed by atoms with Crippen LogP contribution in [0.1, 0.15) is 50.7 Å². The molecule has 122 valence electrons. The van der Waals surface area contributed by atoms with E-state index in [1.807, 2.05) is 0 Å². The van der Waals surface area contributed by atoms with Crippen LogP contribution in [0, 0.1) is 0 Å². The molecule has 3 rings (SSSR count). The molecule has 0 heterocycles. The van der Waals surface area contributed by atoms with Gasteiger partial charge in [-0.2, -0.15) is 0 Å². The SMILES string of the molecule is CC(C)c1cccc(-c2ccccc2-c2ccccc2C(C)C)c1. The maximum absolute atomic E-state index is 2.33. The van der Waals surface area contributed by atoms with Gasteiger partial charge in [-0.05, 0) is 45.2 Å². The van der Waals surface area contributed by atoms with Gasteiger partial charge in [-0.3, -0.25) is 0 Å². The predicted molar refractivity (Wildman–Crippen MR) is 105 cm³/mol. The fraction of sp³-hybridized carbons (Fsp3) is 0.250. The summed E-state index contributed by atoms with van der Waals surface area (Å²) in [6.45, 7) is 9.03. The van der Waals surface area contributed by atoms with Gasteiger partial charge in [-0.15, -0.1) is 0 Å². The summed E-state index contributed by atoms with van der Waals surface area (Å²) >= 11 is 0. The summed E-state index contributed by atoms with van der Waals surface area (Å²) in [6.07, 6.45) is 0. The lowest BCUT2D eigenvalue weighted by atomic mass is 9.87. The van der Waals surface area contributed by atoms with Crippen molar-refractivity contribution in [2.24, 2.45) is 0 Å². The molecule has 0 atom stereocenters. The van der Waals surface area contributed by atoms with Crippen molar-refractivity contribution in [2.75, 3.05) is 0 Å². The lowest BCUT2D eigenvalue weighted by Crippen LogP contribution is -1.94. The Balaban J connectivity index is 2.18. The Kier molecular flexibility index (Phi) is 4.85. The molecule has 0 unspecified atom stereocenters. The molecule has 3 aromatic rings. The first kappa shape index (κ1) is 16.5. The smallest absolute Gasteiger partial charge is 0.0103 e. The Morgan fingerprint density at radius 2 is 1.17 bits per heavy atom. The molecule has 0 N–H and O–H groups in total. The van der Waals surface area contributed by atoms with E-state index in [4.69, 9.17) is 0 Å². The first-order valence-corrected chi connectivity index (χ1v) is 8.86. The Bertz CT molecular complexity index is 825. The van der Waals surface area contributed by atoms with Crippen LogP contribution >= 0.6 is 0 Å². The van der Waals surface area contributed by atoms with Crippen molar-refractivity contribution in [1.29, 1.82) is 0 Å². The molecule has 0 spiro atoms. The minimum absolute atomic E-state index is 0.510. The van der Waals surface area contributed by atoms with E-state index in [1.54, 1.807) is 0 Å². The topological polar surface area (TPSA) is 0 Å². The molecule has 0 amide bonds. The third kappa shape index (κ3) is 3.28. The predicted octanol–water partition coefficient (Wildman–Crippen LogP) is 7.27. The van der Waals surface area contributed by atoms with E-state index in [1.165, 1.54) is 33.4 Å². The monoisotopic (exact) mass is 314 g/mol. The lowest BCUT2D eigenvalue weighted by molar-refractivity contribution is 0.867. The molecular formula is C24H26. The van der Waals surface area contributed by atoms with Gasteiger partial charge in [0.15, 0.2) is 0 Å². The molecule has 3 aromatic carbocycles. The van der Waals surface area contributed by atoms with E-state index >= 15 is 0 Å². The van der Waals surface area contributed by atoms with Crippen LogP contribution in [-0.2, 0) is 0 Å². The van der Waals surface area contributed by atoms with E-state index in [9.17, 15) is 0 Å². The molecule has 24 heavy (non-hydrogen) atoms. The van der Waals surface area contributed by atoms with Gasteiger partial charge < -0.3 is 0 Å². The summed E-state index contributed by atoms with van der Waals surface area (Å²) in [5.41, 5.74) is 8.08. The van der Waals surface area contributed by atoms with Crippen LogP contribution in [0.15, 0.2) is 72.8 Å². The van der Waals surface area contributed by atoms with E-state index in [2.05, 4.69) is 100 Å². The average molecular weight is 314 g/mol. The molecular weight excluding hydrogens is 288 g/mol. The van der Waals surface area contributed by atoms with Crippen LogP contribution < -0.4 is 0 Å². The molecule has 0 bridgehead atoms. The second-order valence-corrected chi connectivity index (χ2v) is 7.07. The van der Waals surface area contributed by atoms with Crippen molar-refractivity contribution in [3.8, 4) is 22.3 Å². The standard InChI is InChI=1S/C24H26/c1-17(2)19-10-9-11-20(16-19)22-13-6-8-15-24(22)23-14-7-5-12-21(23)18(3)4/h5-18H,1-4H3. The molecule has 0 fully saturated rings. The van der Waals surface area contributed by atoms with Gasteiger partial charge in [0.1, 0.15) is 0 Å². The summed E-state index contributed by atoms with van der Waals surface area (Å²) in [5.74, 6) is 1.05. The zero-order chi connectivity index (χ0) is 17.1. The average Bonchev–Trinajstić information content (AvgIpc) is 2.61. The fourth-order valence-electron chi connectivity index (χ4n) is 3.28. The first-order valence-electron chi connectivity index (χ1n) is 8.86. The number of hydrogen-bond acceptors (Lipinski definition) is 0. The van der Waals surface area contributed by atoms with Crippen molar-refractivity contribution < 1.29 is 0 Å².